The number of hydrogen-bond donors (Lipinski definition) is 0. The Labute approximate surface area is 109 Å². The molecule has 0 saturated carbocycles. The Bertz CT molecular complexity index is 277. The number of nitrogens with zero attached hydrogens (tertiary/aromatic N) is 1. The van der Waals surface area contributed by atoms with E-state index in [-0.39, 0.29) is 13.2 Å². The minimum atomic E-state index is -0.489. The van der Waals surface area contributed by atoms with Crippen LogP contribution in [0.3, 0.4) is 0 Å². The SMILES string of the molecule is C=C(C)C(=O)OCCOC(=O)C(=C)C.CN(C)C. The number of ether oxygens (including phenoxy) is 2. The van der Waals surface area contributed by atoms with E-state index in [4.69, 9.17) is 0 Å². The zero-order chi connectivity index (χ0) is 14.7. The molecule has 0 fully saturated rings. The van der Waals surface area contributed by atoms with Crippen LogP contribution < -0.4 is 0 Å². The molecule has 0 N–H and O–H groups in total. The van der Waals surface area contributed by atoms with E-state index in [0.717, 1.165) is 0 Å². The van der Waals surface area contributed by atoms with E-state index in [2.05, 4.69) is 22.6 Å². The molecule has 5 heteroatoms. The molecular formula is C13H23NO4. The smallest absolute Gasteiger partial charge is 0.333 e. The first-order valence-electron chi connectivity index (χ1n) is 5.44. The van der Waals surface area contributed by atoms with E-state index in [1.54, 1.807) is 13.8 Å². The third-order valence-corrected chi connectivity index (χ3v) is 1.25. The fourth-order valence-corrected chi connectivity index (χ4v) is 0.515. The lowest BCUT2D eigenvalue weighted by atomic mass is 10.4. The van der Waals surface area contributed by atoms with E-state index in [1.165, 1.54) is 0 Å². The molecule has 0 saturated heterocycles. The molecule has 0 spiro atoms. The molecule has 0 aliphatic heterocycles. The number of carbonyl (C=O) groups excluding carboxylic acids is 2. The third kappa shape index (κ3) is 14.4. The molecular weight excluding hydrogens is 234 g/mol. The fraction of sp³-hybridized carbons (Fsp3) is 0.538. The molecule has 0 aromatic rings. The highest BCUT2D eigenvalue weighted by atomic mass is 16.6. The van der Waals surface area contributed by atoms with Gasteiger partial charge < -0.3 is 14.4 Å². The number of carbonyl (C=O) groups is 2. The Balaban J connectivity index is 0. The Hall–Kier alpha value is -1.62. The molecule has 0 heterocycles. The molecule has 0 aromatic heterocycles. The molecule has 104 valence electrons. The van der Waals surface area contributed by atoms with Crippen molar-refractivity contribution in [1.82, 2.24) is 4.90 Å². The standard InChI is InChI=1S/C10H14O4.C3H9N/c1-7(2)9(11)13-5-6-14-10(12)8(3)4;1-4(2)3/h1,3,5-6H2,2,4H3;1-3H3. The molecule has 5 nitrogen and oxygen atoms in total. The molecule has 0 rings (SSSR count). The highest BCUT2D eigenvalue weighted by molar-refractivity contribution is 5.87. The topological polar surface area (TPSA) is 55.8 Å². The second-order valence-corrected chi connectivity index (χ2v) is 4.17. The van der Waals surface area contributed by atoms with Crippen LogP contribution in [-0.2, 0) is 19.1 Å². The van der Waals surface area contributed by atoms with Crippen molar-refractivity contribution in [2.75, 3.05) is 34.4 Å². The average Bonchev–Trinajstić information content (AvgIpc) is 2.22. The summed E-state index contributed by atoms with van der Waals surface area (Å²) in [6.45, 7) is 9.95. The number of esters is 2. The van der Waals surface area contributed by atoms with Crippen LogP contribution >= 0.6 is 0 Å². The summed E-state index contributed by atoms with van der Waals surface area (Å²) in [7, 11) is 6.00. The van der Waals surface area contributed by atoms with Crippen LogP contribution in [0.25, 0.3) is 0 Å². The van der Waals surface area contributed by atoms with E-state index in [9.17, 15) is 9.59 Å². The molecule has 0 aliphatic rings. The van der Waals surface area contributed by atoms with Crippen molar-refractivity contribution in [2.24, 2.45) is 0 Å². The summed E-state index contributed by atoms with van der Waals surface area (Å²) in [5.41, 5.74) is 0.632. The van der Waals surface area contributed by atoms with Gasteiger partial charge in [-0.15, -0.1) is 0 Å². The summed E-state index contributed by atoms with van der Waals surface area (Å²) in [5, 5.41) is 0. The maximum Gasteiger partial charge on any atom is 0.333 e. The fourth-order valence-electron chi connectivity index (χ4n) is 0.515. The van der Waals surface area contributed by atoms with Gasteiger partial charge in [-0.3, -0.25) is 0 Å². The van der Waals surface area contributed by atoms with Crippen molar-refractivity contribution in [3.63, 3.8) is 0 Å². The second-order valence-electron chi connectivity index (χ2n) is 4.17. The van der Waals surface area contributed by atoms with Crippen molar-refractivity contribution in [1.29, 1.82) is 0 Å². The summed E-state index contributed by atoms with van der Waals surface area (Å²) < 4.78 is 9.38. The normalized spacial score (nSPS) is 9.00. The van der Waals surface area contributed by atoms with E-state index in [1.807, 2.05) is 26.0 Å². The first-order chi connectivity index (χ1) is 8.18. The minimum Gasteiger partial charge on any atom is -0.459 e. The summed E-state index contributed by atoms with van der Waals surface area (Å²) in [4.78, 5) is 23.7. The van der Waals surface area contributed by atoms with Gasteiger partial charge in [0.1, 0.15) is 13.2 Å². The van der Waals surface area contributed by atoms with Gasteiger partial charge in [0.25, 0.3) is 0 Å². The Morgan fingerprint density at radius 3 is 1.28 bits per heavy atom. The molecule has 0 aliphatic carbocycles. The van der Waals surface area contributed by atoms with Gasteiger partial charge in [0, 0.05) is 11.1 Å². The van der Waals surface area contributed by atoms with Crippen LogP contribution in [-0.4, -0.2) is 51.2 Å². The van der Waals surface area contributed by atoms with Gasteiger partial charge in [-0.1, -0.05) is 13.2 Å². The molecule has 0 bridgehead atoms. The molecule has 0 radical (unpaired) electrons. The molecule has 18 heavy (non-hydrogen) atoms. The van der Waals surface area contributed by atoms with Crippen molar-refractivity contribution < 1.29 is 19.1 Å². The van der Waals surface area contributed by atoms with Gasteiger partial charge in [0.15, 0.2) is 0 Å². The molecule has 0 atom stereocenters. The highest BCUT2D eigenvalue weighted by Gasteiger charge is 2.05. The van der Waals surface area contributed by atoms with E-state index in [0.29, 0.717) is 11.1 Å². The van der Waals surface area contributed by atoms with Crippen LogP contribution in [0.2, 0.25) is 0 Å². The molecule has 0 aromatic carbocycles. The van der Waals surface area contributed by atoms with Crippen LogP contribution in [0.1, 0.15) is 13.8 Å². The van der Waals surface area contributed by atoms with Crippen LogP contribution in [0.4, 0.5) is 0 Å². The quantitative estimate of drug-likeness (QED) is 0.423. The Kier molecular flexibility index (Phi) is 11.0. The largest absolute Gasteiger partial charge is 0.459 e. The van der Waals surface area contributed by atoms with Crippen molar-refractivity contribution in [2.45, 2.75) is 13.8 Å². The third-order valence-electron chi connectivity index (χ3n) is 1.25. The second kappa shape index (κ2) is 10.5. The minimum absolute atomic E-state index is 0.0325. The predicted octanol–water partition coefficient (Wildman–Crippen LogP) is 1.40. The van der Waals surface area contributed by atoms with Gasteiger partial charge in [-0.2, -0.15) is 0 Å². The van der Waals surface area contributed by atoms with Gasteiger partial charge in [-0.05, 0) is 35.0 Å². The van der Waals surface area contributed by atoms with Crippen molar-refractivity contribution in [3.05, 3.63) is 24.3 Å². The summed E-state index contributed by atoms with van der Waals surface area (Å²) in [5.74, 6) is -0.979. The maximum atomic E-state index is 10.8. The van der Waals surface area contributed by atoms with Crippen molar-refractivity contribution in [3.8, 4) is 0 Å². The van der Waals surface area contributed by atoms with E-state index < -0.39 is 11.9 Å². The van der Waals surface area contributed by atoms with Crippen molar-refractivity contribution >= 4 is 11.9 Å². The zero-order valence-electron chi connectivity index (χ0n) is 11.9. The Morgan fingerprint density at radius 2 is 1.11 bits per heavy atom. The zero-order valence-corrected chi connectivity index (χ0v) is 11.9. The summed E-state index contributed by atoms with van der Waals surface area (Å²) >= 11 is 0. The molecule has 0 amide bonds. The molecule has 0 unspecified atom stereocenters. The predicted molar refractivity (Wildman–Crippen MR) is 71.2 cm³/mol. The average molecular weight is 257 g/mol. The lowest BCUT2D eigenvalue weighted by Gasteiger charge is -2.05. The maximum absolute atomic E-state index is 10.8. The Morgan fingerprint density at radius 1 is 0.889 bits per heavy atom. The first-order valence-corrected chi connectivity index (χ1v) is 5.44. The number of hydrogen-bond acceptors (Lipinski definition) is 5. The monoisotopic (exact) mass is 257 g/mol. The van der Waals surface area contributed by atoms with Gasteiger partial charge in [0.05, 0.1) is 0 Å². The summed E-state index contributed by atoms with van der Waals surface area (Å²) in [6.07, 6.45) is 0. The number of rotatable bonds is 5. The lowest BCUT2D eigenvalue weighted by Crippen LogP contribution is -2.14. The van der Waals surface area contributed by atoms with Gasteiger partial charge in [0.2, 0.25) is 0 Å². The lowest BCUT2D eigenvalue weighted by molar-refractivity contribution is -0.147. The van der Waals surface area contributed by atoms with Crippen LogP contribution in [0, 0.1) is 0 Å². The van der Waals surface area contributed by atoms with Crippen LogP contribution in [0.15, 0.2) is 24.3 Å². The van der Waals surface area contributed by atoms with Gasteiger partial charge >= 0.3 is 11.9 Å². The highest BCUT2D eigenvalue weighted by Crippen LogP contribution is 1.94. The van der Waals surface area contributed by atoms with Gasteiger partial charge in [-0.25, -0.2) is 9.59 Å². The first kappa shape index (κ1) is 18.7. The van der Waals surface area contributed by atoms with Crippen LogP contribution in [0.5, 0.6) is 0 Å². The summed E-state index contributed by atoms with van der Waals surface area (Å²) in [6, 6.07) is 0. The van der Waals surface area contributed by atoms with E-state index >= 15 is 0 Å².